The van der Waals surface area contributed by atoms with Crippen LogP contribution in [0.15, 0.2) is 30.3 Å². The highest BCUT2D eigenvalue weighted by atomic mass is 32.1. The first-order valence-electron chi connectivity index (χ1n) is 11.2. The van der Waals surface area contributed by atoms with Gasteiger partial charge in [0.15, 0.2) is 0 Å². The lowest BCUT2D eigenvalue weighted by atomic mass is 10.0. The summed E-state index contributed by atoms with van der Waals surface area (Å²) in [5.41, 5.74) is 6.52. The number of hydrogen-bond acceptors (Lipinski definition) is 7. The van der Waals surface area contributed by atoms with Crippen molar-refractivity contribution in [1.29, 1.82) is 0 Å². The minimum Gasteiger partial charge on any atom is -0.481 e. The number of carbonyl (C=O) groups is 5. The number of hydrogen-bond donors (Lipinski definition) is 7. The molecule has 0 bridgehead atoms. The molecule has 0 heterocycles. The molecule has 1 aromatic rings. The second-order valence-corrected chi connectivity index (χ2v) is 8.93. The van der Waals surface area contributed by atoms with Gasteiger partial charge in [-0.2, -0.15) is 12.6 Å². The van der Waals surface area contributed by atoms with Crippen LogP contribution < -0.4 is 21.7 Å². The van der Waals surface area contributed by atoms with Crippen molar-refractivity contribution in [2.24, 2.45) is 11.7 Å². The first-order chi connectivity index (χ1) is 16.4. The molecule has 1 aromatic carbocycles. The van der Waals surface area contributed by atoms with Crippen LogP contribution in [-0.2, 0) is 30.4 Å². The van der Waals surface area contributed by atoms with Gasteiger partial charge in [0.25, 0.3) is 0 Å². The quantitative estimate of drug-likeness (QED) is 0.160. The topological polar surface area (TPSA) is 188 Å². The minimum absolute atomic E-state index is 0.0167. The van der Waals surface area contributed by atoms with Crippen molar-refractivity contribution >= 4 is 42.3 Å². The van der Waals surface area contributed by atoms with Crippen LogP contribution in [-0.4, -0.2) is 69.8 Å². The molecule has 11 nitrogen and oxygen atoms in total. The molecule has 0 aliphatic rings. The Morgan fingerprint density at radius 3 is 1.94 bits per heavy atom. The summed E-state index contributed by atoms with van der Waals surface area (Å²) in [6.07, 6.45) is -0.106. The van der Waals surface area contributed by atoms with E-state index in [0.717, 1.165) is 5.56 Å². The molecule has 0 aliphatic carbocycles. The first-order valence-corrected chi connectivity index (χ1v) is 11.8. The van der Waals surface area contributed by atoms with E-state index in [0.29, 0.717) is 0 Å². The number of amides is 3. The highest BCUT2D eigenvalue weighted by molar-refractivity contribution is 7.80. The van der Waals surface area contributed by atoms with E-state index in [-0.39, 0.29) is 37.4 Å². The zero-order valence-corrected chi connectivity index (χ0v) is 20.7. The number of carboxylic acids is 2. The fraction of sp³-hybridized carbons (Fsp3) is 0.522. The predicted octanol–water partition coefficient (Wildman–Crippen LogP) is -0.0639. The molecule has 0 radical (unpaired) electrons. The Morgan fingerprint density at radius 1 is 0.886 bits per heavy atom. The maximum absolute atomic E-state index is 13.2. The molecule has 0 fully saturated rings. The normalized spacial score (nSPS) is 14.3. The number of aliphatic carboxylic acids is 2. The summed E-state index contributed by atoms with van der Waals surface area (Å²) in [6, 6.07) is 4.32. The SMILES string of the molecule is CC(C)CC(NC(=O)C(Cc1ccccc1)NC(=O)C(N)CCC(=O)O)C(=O)NC(CS)C(=O)O. The summed E-state index contributed by atoms with van der Waals surface area (Å²) in [5.74, 6) is -4.56. The molecule has 35 heavy (non-hydrogen) atoms. The van der Waals surface area contributed by atoms with Gasteiger partial charge >= 0.3 is 11.9 Å². The van der Waals surface area contributed by atoms with Crippen molar-refractivity contribution in [3.8, 4) is 0 Å². The maximum atomic E-state index is 13.2. The molecule has 194 valence electrons. The summed E-state index contributed by atoms with van der Waals surface area (Å²) in [5, 5.41) is 25.5. The predicted molar refractivity (Wildman–Crippen MR) is 132 cm³/mol. The number of carboxylic acid groups (broad SMARTS) is 2. The van der Waals surface area contributed by atoms with Crippen molar-refractivity contribution < 1.29 is 34.2 Å². The van der Waals surface area contributed by atoms with E-state index in [2.05, 4.69) is 28.6 Å². The van der Waals surface area contributed by atoms with Crippen LogP contribution in [0, 0.1) is 5.92 Å². The van der Waals surface area contributed by atoms with E-state index >= 15 is 0 Å². The van der Waals surface area contributed by atoms with Crippen molar-refractivity contribution in [2.75, 3.05) is 5.75 Å². The molecule has 0 spiro atoms. The van der Waals surface area contributed by atoms with E-state index in [4.69, 9.17) is 10.8 Å². The van der Waals surface area contributed by atoms with Gasteiger partial charge in [0.1, 0.15) is 18.1 Å². The Labute approximate surface area is 209 Å². The second-order valence-electron chi connectivity index (χ2n) is 8.56. The zero-order chi connectivity index (χ0) is 26.5. The molecular formula is C23H34N4O7S. The van der Waals surface area contributed by atoms with Crippen molar-refractivity contribution in [2.45, 2.75) is 63.7 Å². The third-order valence-corrected chi connectivity index (χ3v) is 5.42. The second kappa shape index (κ2) is 15.0. The summed E-state index contributed by atoms with van der Waals surface area (Å²) >= 11 is 3.93. The summed E-state index contributed by atoms with van der Waals surface area (Å²) in [7, 11) is 0. The molecule has 4 atom stereocenters. The summed E-state index contributed by atoms with van der Waals surface area (Å²) in [6.45, 7) is 3.68. The Hall–Kier alpha value is -3.12. The molecule has 7 N–H and O–H groups in total. The molecule has 3 amide bonds. The van der Waals surface area contributed by atoms with Crippen molar-refractivity contribution in [1.82, 2.24) is 16.0 Å². The van der Waals surface area contributed by atoms with E-state index in [9.17, 15) is 29.1 Å². The van der Waals surface area contributed by atoms with Gasteiger partial charge in [-0.1, -0.05) is 44.2 Å². The molecule has 4 unspecified atom stereocenters. The average Bonchev–Trinajstić information content (AvgIpc) is 2.79. The summed E-state index contributed by atoms with van der Waals surface area (Å²) in [4.78, 5) is 60.6. The number of nitrogens with one attached hydrogen (secondary N) is 3. The van der Waals surface area contributed by atoms with E-state index in [1.165, 1.54) is 0 Å². The van der Waals surface area contributed by atoms with Crippen LogP contribution in [0.5, 0.6) is 0 Å². The fourth-order valence-corrected chi connectivity index (χ4v) is 3.43. The van der Waals surface area contributed by atoms with Gasteiger partial charge in [-0.25, -0.2) is 4.79 Å². The Balaban J connectivity index is 3.06. The molecule has 1 rings (SSSR count). The van der Waals surface area contributed by atoms with E-state index in [1.54, 1.807) is 30.3 Å². The van der Waals surface area contributed by atoms with Crippen LogP contribution in [0.3, 0.4) is 0 Å². The molecule has 0 aliphatic heterocycles. The summed E-state index contributed by atoms with van der Waals surface area (Å²) < 4.78 is 0. The van der Waals surface area contributed by atoms with Crippen LogP contribution >= 0.6 is 12.6 Å². The standard InChI is InChI=1S/C23H34N4O7S/c1-13(2)10-16(21(31)27-18(12-35)23(33)34)26-22(32)17(11-14-6-4-3-5-7-14)25-20(30)15(24)8-9-19(28)29/h3-7,13,15-18,35H,8-12,24H2,1-2H3,(H,25,30)(H,26,32)(H,27,31)(H,28,29)(H,33,34). The van der Waals surface area contributed by atoms with E-state index in [1.807, 2.05) is 13.8 Å². The monoisotopic (exact) mass is 510 g/mol. The van der Waals surface area contributed by atoms with Crippen LogP contribution in [0.2, 0.25) is 0 Å². The Morgan fingerprint density at radius 2 is 1.43 bits per heavy atom. The largest absolute Gasteiger partial charge is 0.481 e. The molecule has 0 saturated carbocycles. The van der Waals surface area contributed by atoms with Gasteiger partial charge in [0.05, 0.1) is 6.04 Å². The highest BCUT2D eigenvalue weighted by Crippen LogP contribution is 2.09. The molecule has 0 aromatic heterocycles. The van der Waals surface area contributed by atoms with Crippen molar-refractivity contribution in [3.63, 3.8) is 0 Å². The zero-order valence-electron chi connectivity index (χ0n) is 19.8. The molecule has 12 heteroatoms. The van der Waals surface area contributed by atoms with Crippen LogP contribution in [0.4, 0.5) is 0 Å². The Kier molecular flexibility index (Phi) is 12.8. The number of benzene rings is 1. The lowest BCUT2D eigenvalue weighted by Crippen LogP contribution is -2.58. The fourth-order valence-electron chi connectivity index (χ4n) is 3.18. The molecule has 0 saturated heterocycles. The lowest BCUT2D eigenvalue weighted by molar-refractivity contribution is -0.141. The van der Waals surface area contributed by atoms with Crippen LogP contribution in [0.25, 0.3) is 0 Å². The third kappa shape index (κ3) is 11.2. The highest BCUT2D eigenvalue weighted by Gasteiger charge is 2.30. The number of nitrogens with two attached hydrogens (primary N) is 1. The van der Waals surface area contributed by atoms with E-state index < -0.39 is 53.8 Å². The minimum atomic E-state index is -1.26. The van der Waals surface area contributed by atoms with Gasteiger partial charge in [-0.15, -0.1) is 0 Å². The number of rotatable bonds is 15. The van der Waals surface area contributed by atoms with Crippen LogP contribution in [0.1, 0.15) is 38.7 Å². The number of thiol groups is 1. The van der Waals surface area contributed by atoms with Gasteiger partial charge in [-0.05, 0) is 24.3 Å². The van der Waals surface area contributed by atoms with Gasteiger partial charge < -0.3 is 31.9 Å². The van der Waals surface area contributed by atoms with Crippen molar-refractivity contribution in [3.05, 3.63) is 35.9 Å². The Bertz CT molecular complexity index is 882. The van der Waals surface area contributed by atoms with Gasteiger partial charge in [0.2, 0.25) is 17.7 Å². The maximum Gasteiger partial charge on any atom is 0.327 e. The average molecular weight is 511 g/mol. The number of carbonyl (C=O) groups excluding carboxylic acids is 3. The van der Waals surface area contributed by atoms with Gasteiger partial charge in [0, 0.05) is 18.6 Å². The third-order valence-electron chi connectivity index (χ3n) is 5.06. The lowest BCUT2D eigenvalue weighted by Gasteiger charge is -2.26. The molecular weight excluding hydrogens is 476 g/mol. The smallest absolute Gasteiger partial charge is 0.327 e. The first kappa shape index (κ1) is 29.9. The van der Waals surface area contributed by atoms with Gasteiger partial charge in [-0.3, -0.25) is 19.2 Å².